The molecule has 0 aliphatic heterocycles. The van der Waals surface area contributed by atoms with E-state index in [9.17, 15) is 9.59 Å². The van der Waals surface area contributed by atoms with Crippen molar-refractivity contribution >= 4 is 12.0 Å². The quantitative estimate of drug-likeness (QED) is 0.858. The van der Waals surface area contributed by atoms with Crippen molar-refractivity contribution in [3.63, 3.8) is 0 Å². The molecule has 1 aromatic heterocycles. The van der Waals surface area contributed by atoms with Crippen LogP contribution in [0.5, 0.6) is 0 Å². The molecular formula is C19H29N3O3. The van der Waals surface area contributed by atoms with Gasteiger partial charge in [-0.15, -0.1) is 0 Å². The van der Waals surface area contributed by atoms with E-state index in [0.29, 0.717) is 12.8 Å². The van der Waals surface area contributed by atoms with Crippen molar-refractivity contribution in [3.8, 4) is 0 Å². The van der Waals surface area contributed by atoms with Crippen LogP contribution in [-0.4, -0.2) is 34.7 Å². The van der Waals surface area contributed by atoms with Crippen LogP contribution in [0.15, 0.2) is 24.5 Å². The van der Waals surface area contributed by atoms with E-state index in [1.807, 2.05) is 32.9 Å². The summed E-state index contributed by atoms with van der Waals surface area (Å²) in [5, 5.41) is 6.00. The average Bonchev–Trinajstić information content (AvgIpc) is 2.54. The van der Waals surface area contributed by atoms with Gasteiger partial charge in [0.15, 0.2) is 0 Å². The van der Waals surface area contributed by atoms with Crippen LogP contribution in [0.4, 0.5) is 4.79 Å². The van der Waals surface area contributed by atoms with Gasteiger partial charge in [-0.05, 0) is 57.7 Å². The molecule has 0 spiro atoms. The van der Waals surface area contributed by atoms with Gasteiger partial charge in [-0.25, -0.2) is 4.79 Å². The first-order valence-electron chi connectivity index (χ1n) is 9.01. The van der Waals surface area contributed by atoms with Crippen LogP contribution in [0.2, 0.25) is 0 Å². The summed E-state index contributed by atoms with van der Waals surface area (Å²) in [6.07, 6.45) is 7.99. The maximum atomic E-state index is 12.3. The minimum absolute atomic E-state index is 0.0136. The highest BCUT2D eigenvalue weighted by Gasteiger charge is 2.29. The molecule has 1 heterocycles. The van der Waals surface area contributed by atoms with E-state index >= 15 is 0 Å². The molecule has 25 heavy (non-hydrogen) atoms. The van der Waals surface area contributed by atoms with Crippen molar-refractivity contribution < 1.29 is 14.3 Å². The van der Waals surface area contributed by atoms with Crippen LogP contribution in [0.1, 0.15) is 58.4 Å². The van der Waals surface area contributed by atoms with E-state index in [1.54, 1.807) is 12.4 Å². The zero-order chi connectivity index (χ0) is 18.3. The fourth-order valence-electron chi connectivity index (χ4n) is 3.02. The van der Waals surface area contributed by atoms with E-state index < -0.39 is 11.7 Å². The lowest BCUT2D eigenvalue weighted by Crippen LogP contribution is -2.53. The number of carbonyl (C=O) groups excluding carboxylic acids is 2. The minimum Gasteiger partial charge on any atom is -0.444 e. The number of aryl methyl sites for hydroxylation is 1. The molecule has 6 heteroatoms. The third-order valence-electron chi connectivity index (χ3n) is 4.20. The van der Waals surface area contributed by atoms with Gasteiger partial charge in [0, 0.05) is 24.9 Å². The lowest BCUT2D eigenvalue weighted by atomic mass is 9.90. The van der Waals surface area contributed by atoms with Gasteiger partial charge in [-0.2, -0.15) is 0 Å². The highest BCUT2D eigenvalue weighted by atomic mass is 16.6. The maximum Gasteiger partial charge on any atom is 0.407 e. The molecule has 1 fully saturated rings. The van der Waals surface area contributed by atoms with Crippen LogP contribution in [0.25, 0.3) is 0 Å². The SMILES string of the molecule is CC(C)(C)OC(=O)N[C@H]1CCCC[C@H]1NC(=O)CCc1ccncc1. The zero-order valence-electron chi connectivity index (χ0n) is 15.4. The van der Waals surface area contributed by atoms with E-state index in [0.717, 1.165) is 31.2 Å². The van der Waals surface area contributed by atoms with Crippen LogP contribution in [0.3, 0.4) is 0 Å². The summed E-state index contributed by atoms with van der Waals surface area (Å²) in [5.74, 6) is 0.0136. The lowest BCUT2D eigenvalue weighted by Gasteiger charge is -2.33. The number of aromatic nitrogens is 1. The topological polar surface area (TPSA) is 80.3 Å². The number of pyridine rings is 1. The number of hydrogen-bond donors (Lipinski definition) is 2. The Balaban J connectivity index is 1.83. The van der Waals surface area contributed by atoms with Gasteiger partial charge >= 0.3 is 6.09 Å². The average molecular weight is 347 g/mol. The molecule has 0 saturated heterocycles. The van der Waals surface area contributed by atoms with Crippen LogP contribution in [-0.2, 0) is 16.0 Å². The molecule has 1 aliphatic carbocycles. The number of carbonyl (C=O) groups is 2. The number of ether oxygens (including phenoxy) is 1. The molecule has 2 N–H and O–H groups in total. The number of hydrogen-bond acceptors (Lipinski definition) is 4. The molecule has 1 saturated carbocycles. The summed E-state index contributed by atoms with van der Waals surface area (Å²) < 4.78 is 5.33. The molecular weight excluding hydrogens is 318 g/mol. The van der Waals surface area contributed by atoms with Gasteiger partial charge in [-0.1, -0.05) is 12.8 Å². The Bertz CT molecular complexity index is 569. The second kappa shape index (κ2) is 8.83. The number of amides is 2. The first-order valence-corrected chi connectivity index (χ1v) is 9.01. The molecule has 0 bridgehead atoms. The third kappa shape index (κ3) is 7.11. The molecule has 1 aromatic rings. The van der Waals surface area contributed by atoms with Gasteiger partial charge in [0.25, 0.3) is 0 Å². The molecule has 1 aliphatic rings. The van der Waals surface area contributed by atoms with Gasteiger partial charge in [-0.3, -0.25) is 9.78 Å². The molecule has 2 atom stereocenters. The van der Waals surface area contributed by atoms with Crippen LogP contribution >= 0.6 is 0 Å². The second-order valence-corrected chi connectivity index (χ2v) is 7.57. The van der Waals surface area contributed by atoms with Gasteiger partial charge in [0.05, 0.1) is 6.04 Å². The van der Waals surface area contributed by atoms with Crippen molar-refractivity contribution in [3.05, 3.63) is 30.1 Å². The Kier molecular flexibility index (Phi) is 6.79. The van der Waals surface area contributed by atoms with Gasteiger partial charge in [0.2, 0.25) is 5.91 Å². The van der Waals surface area contributed by atoms with E-state index in [2.05, 4.69) is 15.6 Å². The van der Waals surface area contributed by atoms with E-state index in [-0.39, 0.29) is 18.0 Å². The smallest absolute Gasteiger partial charge is 0.407 e. The zero-order valence-corrected chi connectivity index (χ0v) is 15.4. The Hall–Kier alpha value is -2.11. The van der Waals surface area contributed by atoms with E-state index in [4.69, 9.17) is 4.74 Å². The molecule has 138 valence electrons. The number of rotatable bonds is 5. The maximum absolute atomic E-state index is 12.3. The highest BCUT2D eigenvalue weighted by molar-refractivity contribution is 5.76. The lowest BCUT2D eigenvalue weighted by molar-refractivity contribution is -0.122. The minimum atomic E-state index is -0.526. The highest BCUT2D eigenvalue weighted by Crippen LogP contribution is 2.19. The van der Waals surface area contributed by atoms with Crippen LogP contribution < -0.4 is 10.6 Å². The standard InChI is InChI=1S/C19H29N3O3/c1-19(2,3)25-18(24)22-16-7-5-4-6-15(16)21-17(23)9-8-14-10-12-20-13-11-14/h10-13,15-16H,4-9H2,1-3H3,(H,21,23)(H,22,24)/t15-,16+/m1/s1. The van der Waals surface area contributed by atoms with E-state index in [1.165, 1.54) is 0 Å². The van der Waals surface area contributed by atoms with Crippen molar-refractivity contribution in [2.45, 2.75) is 77.0 Å². The Morgan fingerprint density at radius 2 is 1.72 bits per heavy atom. The Morgan fingerprint density at radius 3 is 2.32 bits per heavy atom. The van der Waals surface area contributed by atoms with Crippen LogP contribution in [0, 0.1) is 0 Å². The van der Waals surface area contributed by atoms with Crippen molar-refractivity contribution in [1.29, 1.82) is 0 Å². The Labute approximate surface area is 149 Å². The second-order valence-electron chi connectivity index (χ2n) is 7.57. The molecule has 2 rings (SSSR count). The fraction of sp³-hybridized carbons (Fsp3) is 0.632. The predicted molar refractivity (Wildman–Crippen MR) is 96.1 cm³/mol. The normalized spacial score (nSPS) is 20.6. The molecule has 0 aromatic carbocycles. The number of nitrogens with one attached hydrogen (secondary N) is 2. The first kappa shape index (κ1) is 19.2. The summed E-state index contributed by atoms with van der Waals surface area (Å²) in [5.41, 5.74) is 0.569. The Morgan fingerprint density at radius 1 is 1.12 bits per heavy atom. The first-order chi connectivity index (χ1) is 11.8. The fourth-order valence-corrected chi connectivity index (χ4v) is 3.02. The summed E-state index contributed by atoms with van der Waals surface area (Å²) in [6, 6.07) is 3.72. The summed E-state index contributed by atoms with van der Waals surface area (Å²) in [7, 11) is 0. The number of nitrogens with zero attached hydrogens (tertiary/aromatic N) is 1. The van der Waals surface area contributed by atoms with Crippen molar-refractivity contribution in [2.24, 2.45) is 0 Å². The largest absolute Gasteiger partial charge is 0.444 e. The molecule has 0 unspecified atom stereocenters. The van der Waals surface area contributed by atoms with Gasteiger partial charge < -0.3 is 15.4 Å². The summed E-state index contributed by atoms with van der Waals surface area (Å²) in [4.78, 5) is 28.3. The summed E-state index contributed by atoms with van der Waals surface area (Å²) >= 11 is 0. The molecule has 6 nitrogen and oxygen atoms in total. The van der Waals surface area contributed by atoms with Crippen molar-refractivity contribution in [1.82, 2.24) is 15.6 Å². The summed E-state index contributed by atoms with van der Waals surface area (Å²) in [6.45, 7) is 5.52. The number of alkyl carbamates (subject to hydrolysis) is 1. The van der Waals surface area contributed by atoms with Gasteiger partial charge in [0.1, 0.15) is 5.60 Å². The third-order valence-corrected chi connectivity index (χ3v) is 4.20. The van der Waals surface area contributed by atoms with Crippen molar-refractivity contribution in [2.75, 3.05) is 0 Å². The molecule has 0 radical (unpaired) electrons. The predicted octanol–water partition coefficient (Wildman–Crippen LogP) is 2.97. The molecule has 2 amide bonds. The monoisotopic (exact) mass is 347 g/mol.